The van der Waals surface area contributed by atoms with Gasteiger partial charge in [-0.25, -0.2) is 0 Å². The number of fused-ring (bicyclic) bond motifs is 1. The van der Waals surface area contributed by atoms with Crippen LogP contribution in [0.1, 0.15) is 30.9 Å². The molecule has 0 radical (unpaired) electrons. The van der Waals surface area contributed by atoms with Gasteiger partial charge in [-0.1, -0.05) is 80.6 Å². The number of primary amides is 1. The molecule has 2 aromatic carbocycles. The van der Waals surface area contributed by atoms with Crippen molar-refractivity contribution in [2.24, 2.45) is 16.1 Å². The van der Waals surface area contributed by atoms with Gasteiger partial charge in [0.25, 0.3) is 0 Å². The molecule has 2 aliphatic heterocycles. The topological polar surface area (TPSA) is 58.7 Å². The highest BCUT2D eigenvalue weighted by atomic mass is 16.1. The van der Waals surface area contributed by atoms with Crippen molar-refractivity contribution in [3.8, 4) is 0 Å². The van der Waals surface area contributed by atoms with Gasteiger partial charge in [-0.2, -0.15) is 0 Å². The van der Waals surface area contributed by atoms with E-state index in [0.717, 1.165) is 34.8 Å². The molecule has 0 saturated carbocycles. The van der Waals surface area contributed by atoms with Crippen LogP contribution in [0, 0.1) is 5.41 Å². The third kappa shape index (κ3) is 3.15. The number of aliphatic imine (C=N–C) groups is 1. The van der Waals surface area contributed by atoms with E-state index in [9.17, 15) is 4.79 Å². The van der Waals surface area contributed by atoms with E-state index in [4.69, 9.17) is 10.7 Å². The Morgan fingerprint density at radius 2 is 1.71 bits per heavy atom. The maximum atomic E-state index is 12.3. The number of nitrogens with two attached hydrogens (primary N) is 1. The van der Waals surface area contributed by atoms with Crippen molar-refractivity contribution in [3.05, 3.63) is 95.2 Å². The van der Waals surface area contributed by atoms with Gasteiger partial charge in [0, 0.05) is 23.7 Å². The molecule has 0 aromatic heterocycles. The molecule has 4 rings (SSSR count). The van der Waals surface area contributed by atoms with Crippen LogP contribution in [0.3, 0.4) is 0 Å². The normalized spacial score (nSPS) is 17.4. The van der Waals surface area contributed by atoms with Crippen LogP contribution in [-0.2, 0) is 4.79 Å². The zero-order chi connectivity index (χ0) is 19.7. The summed E-state index contributed by atoms with van der Waals surface area (Å²) in [4.78, 5) is 19.3. The second kappa shape index (κ2) is 7.12. The van der Waals surface area contributed by atoms with Gasteiger partial charge in [-0.05, 0) is 17.2 Å². The summed E-state index contributed by atoms with van der Waals surface area (Å²) in [6, 6.07) is 20.4. The zero-order valence-electron chi connectivity index (χ0n) is 16.3. The highest BCUT2D eigenvalue weighted by Gasteiger charge is 2.39. The first kappa shape index (κ1) is 18.2. The number of amides is 1. The zero-order valence-corrected chi connectivity index (χ0v) is 16.3. The third-order valence-electron chi connectivity index (χ3n) is 5.69. The van der Waals surface area contributed by atoms with E-state index >= 15 is 0 Å². The van der Waals surface area contributed by atoms with Gasteiger partial charge in [0.1, 0.15) is 5.84 Å². The van der Waals surface area contributed by atoms with Gasteiger partial charge in [-0.3, -0.25) is 9.79 Å². The fourth-order valence-corrected chi connectivity index (χ4v) is 4.09. The summed E-state index contributed by atoms with van der Waals surface area (Å²) >= 11 is 0. The van der Waals surface area contributed by atoms with Crippen LogP contribution in [0.4, 0.5) is 0 Å². The maximum Gasteiger partial charge on any atom is 0.224 e. The summed E-state index contributed by atoms with van der Waals surface area (Å²) in [6.45, 7) is 5.26. The molecule has 4 heteroatoms. The lowest BCUT2D eigenvalue weighted by molar-refractivity contribution is -0.126. The lowest BCUT2D eigenvalue weighted by Crippen LogP contribution is -2.39. The lowest BCUT2D eigenvalue weighted by Gasteiger charge is -2.35. The first-order chi connectivity index (χ1) is 13.5. The van der Waals surface area contributed by atoms with Crippen LogP contribution in [0.15, 0.2) is 89.1 Å². The second-order valence-electron chi connectivity index (χ2n) is 7.89. The van der Waals surface area contributed by atoms with E-state index in [1.807, 2.05) is 50.2 Å². The monoisotopic (exact) mass is 371 g/mol. The number of hydrogen-bond acceptors (Lipinski definition) is 3. The maximum absolute atomic E-state index is 12.3. The van der Waals surface area contributed by atoms with E-state index in [1.165, 1.54) is 0 Å². The fourth-order valence-electron chi connectivity index (χ4n) is 4.09. The SMILES string of the molecule is CC(C)(C(N)=O)C(C1=CCN2C(=C1)CN=C2c1ccccc1)c1ccccc1. The van der Waals surface area contributed by atoms with Gasteiger partial charge in [0.05, 0.1) is 12.0 Å². The van der Waals surface area contributed by atoms with Crippen molar-refractivity contribution in [1.82, 2.24) is 4.90 Å². The minimum atomic E-state index is -0.700. The van der Waals surface area contributed by atoms with Crippen LogP contribution >= 0.6 is 0 Å². The molecular weight excluding hydrogens is 346 g/mol. The Labute approximate surface area is 166 Å². The Hall–Kier alpha value is -3.14. The number of amidine groups is 1. The average molecular weight is 371 g/mol. The van der Waals surface area contributed by atoms with Crippen molar-refractivity contribution in [2.75, 3.05) is 13.1 Å². The van der Waals surface area contributed by atoms with E-state index in [0.29, 0.717) is 6.54 Å². The van der Waals surface area contributed by atoms with Gasteiger partial charge in [0.15, 0.2) is 0 Å². The summed E-state index contributed by atoms with van der Waals surface area (Å²) < 4.78 is 0. The number of carbonyl (C=O) groups is 1. The predicted molar refractivity (Wildman–Crippen MR) is 113 cm³/mol. The highest BCUT2D eigenvalue weighted by Crippen LogP contribution is 2.43. The quantitative estimate of drug-likeness (QED) is 0.867. The summed E-state index contributed by atoms with van der Waals surface area (Å²) in [5.74, 6) is 0.616. The molecule has 142 valence electrons. The van der Waals surface area contributed by atoms with Crippen molar-refractivity contribution < 1.29 is 4.79 Å². The van der Waals surface area contributed by atoms with E-state index in [2.05, 4.69) is 41.3 Å². The number of benzene rings is 2. The number of allylic oxidation sites excluding steroid dienone is 2. The Bertz CT molecular complexity index is 971. The molecular formula is C24H25N3O. The number of rotatable bonds is 5. The summed E-state index contributed by atoms with van der Waals surface area (Å²) in [6.07, 6.45) is 4.39. The molecule has 2 aromatic rings. The average Bonchev–Trinajstić information content (AvgIpc) is 3.13. The summed E-state index contributed by atoms with van der Waals surface area (Å²) in [7, 11) is 0. The molecule has 0 aliphatic carbocycles. The van der Waals surface area contributed by atoms with Crippen LogP contribution in [0.2, 0.25) is 0 Å². The first-order valence-corrected chi connectivity index (χ1v) is 9.61. The first-order valence-electron chi connectivity index (χ1n) is 9.61. The van der Waals surface area contributed by atoms with Crippen molar-refractivity contribution >= 4 is 11.7 Å². The Morgan fingerprint density at radius 3 is 2.36 bits per heavy atom. The summed E-state index contributed by atoms with van der Waals surface area (Å²) in [5, 5.41) is 0. The van der Waals surface area contributed by atoms with Crippen LogP contribution in [0.5, 0.6) is 0 Å². The van der Waals surface area contributed by atoms with Gasteiger partial charge < -0.3 is 10.6 Å². The minimum Gasteiger partial charge on any atom is -0.369 e. The van der Waals surface area contributed by atoms with E-state index in [-0.39, 0.29) is 11.8 Å². The molecule has 28 heavy (non-hydrogen) atoms. The Morgan fingerprint density at radius 1 is 1.07 bits per heavy atom. The molecule has 2 aliphatic rings. The van der Waals surface area contributed by atoms with Crippen molar-refractivity contribution in [3.63, 3.8) is 0 Å². The predicted octanol–water partition coefficient (Wildman–Crippen LogP) is 3.87. The number of carbonyl (C=O) groups excluding carboxylic acids is 1. The fraction of sp³-hybridized carbons (Fsp3) is 0.250. The molecule has 0 bridgehead atoms. The van der Waals surface area contributed by atoms with Gasteiger partial charge in [-0.15, -0.1) is 0 Å². The van der Waals surface area contributed by atoms with E-state index < -0.39 is 5.41 Å². The highest BCUT2D eigenvalue weighted by molar-refractivity contribution is 6.01. The summed E-state index contributed by atoms with van der Waals surface area (Å²) in [5.41, 5.74) is 9.62. The Kier molecular flexibility index (Phi) is 4.63. The van der Waals surface area contributed by atoms with Crippen molar-refractivity contribution in [1.29, 1.82) is 0 Å². The molecule has 2 heterocycles. The molecule has 4 nitrogen and oxygen atoms in total. The molecule has 1 atom stereocenters. The molecule has 0 fully saturated rings. The molecule has 1 amide bonds. The number of nitrogens with zero attached hydrogens (tertiary/aromatic N) is 2. The van der Waals surface area contributed by atoms with Gasteiger partial charge >= 0.3 is 0 Å². The van der Waals surface area contributed by atoms with Crippen LogP contribution < -0.4 is 5.73 Å². The largest absolute Gasteiger partial charge is 0.369 e. The van der Waals surface area contributed by atoms with Crippen molar-refractivity contribution in [2.45, 2.75) is 19.8 Å². The molecule has 1 unspecified atom stereocenters. The van der Waals surface area contributed by atoms with Gasteiger partial charge in [0.2, 0.25) is 5.91 Å². The molecule has 0 saturated heterocycles. The smallest absolute Gasteiger partial charge is 0.224 e. The minimum absolute atomic E-state index is 0.0957. The molecule has 2 N–H and O–H groups in total. The Balaban J connectivity index is 1.68. The van der Waals surface area contributed by atoms with Crippen LogP contribution in [0.25, 0.3) is 0 Å². The standard InChI is InChI=1S/C24H25N3O/c1-24(2,23(25)28)21(17-9-5-3-6-10-17)19-13-14-27-20(15-19)16-26-22(27)18-11-7-4-8-12-18/h3-13,15,21H,14,16H2,1-2H3,(H2,25,28). The van der Waals surface area contributed by atoms with E-state index in [1.54, 1.807) is 0 Å². The van der Waals surface area contributed by atoms with Crippen LogP contribution in [-0.4, -0.2) is 29.7 Å². The lowest BCUT2D eigenvalue weighted by atomic mass is 9.69. The number of hydrogen-bond donors (Lipinski definition) is 1. The molecule has 0 spiro atoms. The third-order valence-corrected chi connectivity index (χ3v) is 5.69. The second-order valence-corrected chi connectivity index (χ2v) is 7.89.